The molecule has 4 aromatic heterocycles. The largest absolute Gasteiger partial charge is 0.463 e. The van der Waals surface area contributed by atoms with Crippen LogP contribution in [-0.2, 0) is 13.5 Å². The average molecular weight is 514 g/mol. The first-order valence-electron chi connectivity index (χ1n) is 12.9. The second-order valence-corrected chi connectivity index (χ2v) is 10.2. The topological polar surface area (TPSA) is 110 Å². The number of anilines is 1. The van der Waals surface area contributed by atoms with Gasteiger partial charge >= 0.3 is 6.01 Å². The SMILES string of the molecule is Cc1ccc2[nH]ncc2c1-c1ncc2c(N3CC4CCC(C3)N4)nc(OCCc3nccn3C)nc2c1F. The van der Waals surface area contributed by atoms with E-state index < -0.39 is 5.82 Å². The van der Waals surface area contributed by atoms with E-state index in [4.69, 9.17) is 9.72 Å². The van der Waals surface area contributed by atoms with Crippen molar-refractivity contribution in [2.24, 2.45) is 7.05 Å². The lowest BCUT2D eigenvalue weighted by Gasteiger charge is -2.34. The highest BCUT2D eigenvalue weighted by molar-refractivity contribution is 5.98. The molecule has 0 radical (unpaired) electrons. The number of aromatic nitrogens is 7. The Labute approximate surface area is 218 Å². The Hall–Kier alpha value is -4.12. The maximum absolute atomic E-state index is 16.4. The van der Waals surface area contributed by atoms with E-state index in [1.54, 1.807) is 18.6 Å². The number of H-pyrrole nitrogens is 1. The van der Waals surface area contributed by atoms with Gasteiger partial charge < -0.3 is 19.5 Å². The van der Waals surface area contributed by atoms with Crippen LogP contribution in [0.4, 0.5) is 10.2 Å². The number of pyridine rings is 1. The van der Waals surface area contributed by atoms with Crippen LogP contribution in [-0.4, -0.2) is 66.5 Å². The highest BCUT2D eigenvalue weighted by Crippen LogP contribution is 2.37. The molecule has 2 aliphatic heterocycles. The van der Waals surface area contributed by atoms with Crippen LogP contribution in [0.1, 0.15) is 24.2 Å². The summed E-state index contributed by atoms with van der Waals surface area (Å²) in [5.74, 6) is 1.07. The molecular weight excluding hydrogens is 485 g/mol. The van der Waals surface area contributed by atoms with Crippen molar-refractivity contribution >= 4 is 27.6 Å². The molecule has 0 saturated carbocycles. The number of ether oxygens (including phenoxy) is 1. The molecule has 2 atom stereocenters. The maximum Gasteiger partial charge on any atom is 0.319 e. The van der Waals surface area contributed by atoms with Crippen LogP contribution in [0.3, 0.4) is 0 Å². The Morgan fingerprint density at radius 2 is 1.92 bits per heavy atom. The molecular formula is C27H28FN9O. The molecule has 0 amide bonds. The fraction of sp³-hybridized carbons (Fsp3) is 0.370. The summed E-state index contributed by atoms with van der Waals surface area (Å²) in [7, 11) is 1.94. The lowest BCUT2D eigenvalue weighted by Crippen LogP contribution is -2.51. The Morgan fingerprint density at radius 1 is 1.08 bits per heavy atom. The second-order valence-electron chi connectivity index (χ2n) is 10.2. The summed E-state index contributed by atoms with van der Waals surface area (Å²) in [6, 6.07) is 4.82. The van der Waals surface area contributed by atoms with Crippen molar-refractivity contribution in [1.29, 1.82) is 0 Å². The Kier molecular flexibility index (Phi) is 5.46. The minimum absolute atomic E-state index is 0.155. The van der Waals surface area contributed by atoms with Gasteiger partial charge in [0.05, 0.1) is 23.7 Å². The van der Waals surface area contributed by atoms with Crippen molar-refractivity contribution in [1.82, 2.24) is 40.0 Å². The molecule has 7 rings (SSSR count). The van der Waals surface area contributed by atoms with E-state index >= 15 is 4.39 Å². The number of aryl methyl sites for hydroxylation is 2. The van der Waals surface area contributed by atoms with Gasteiger partial charge in [-0.1, -0.05) is 6.07 Å². The lowest BCUT2D eigenvalue weighted by molar-refractivity contribution is 0.293. The number of hydrogen-bond donors (Lipinski definition) is 2. The normalized spacial score (nSPS) is 19.1. The number of fused-ring (bicyclic) bond motifs is 4. The van der Waals surface area contributed by atoms with Gasteiger partial charge in [-0.3, -0.25) is 10.1 Å². The van der Waals surface area contributed by atoms with Gasteiger partial charge in [-0.25, -0.2) is 9.37 Å². The van der Waals surface area contributed by atoms with Crippen molar-refractivity contribution in [3.63, 3.8) is 0 Å². The van der Waals surface area contributed by atoms with E-state index in [9.17, 15) is 0 Å². The zero-order valence-corrected chi connectivity index (χ0v) is 21.3. The van der Waals surface area contributed by atoms with Gasteiger partial charge in [0.2, 0.25) is 0 Å². The summed E-state index contributed by atoms with van der Waals surface area (Å²) < 4.78 is 24.3. The van der Waals surface area contributed by atoms with Crippen LogP contribution in [0.5, 0.6) is 6.01 Å². The van der Waals surface area contributed by atoms with Crippen LogP contribution < -0.4 is 15.0 Å². The van der Waals surface area contributed by atoms with Gasteiger partial charge in [-0.2, -0.15) is 15.1 Å². The van der Waals surface area contributed by atoms with Gasteiger partial charge in [0, 0.05) is 68.2 Å². The molecule has 0 spiro atoms. The van der Waals surface area contributed by atoms with E-state index in [1.165, 1.54) is 0 Å². The third-order valence-electron chi connectivity index (χ3n) is 7.71. The Bertz CT molecular complexity index is 1650. The van der Waals surface area contributed by atoms with Crippen molar-refractivity contribution in [2.75, 3.05) is 24.6 Å². The fourth-order valence-electron chi connectivity index (χ4n) is 5.78. The number of halogens is 1. The summed E-state index contributed by atoms with van der Waals surface area (Å²) in [5, 5.41) is 12.2. The molecule has 6 heterocycles. The van der Waals surface area contributed by atoms with Gasteiger partial charge in [0.15, 0.2) is 5.82 Å². The Morgan fingerprint density at radius 3 is 2.71 bits per heavy atom. The minimum Gasteiger partial charge on any atom is -0.463 e. The van der Waals surface area contributed by atoms with E-state index in [1.807, 2.05) is 36.9 Å². The van der Waals surface area contributed by atoms with E-state index in [0.29, 0.717) is 41.9 Å². The first-order chi connectivity index (χ1) is 18.5. The molecule has 2 saturated heterocycles. The van der Waals surface area contributed by atoms with Crippen molar-refractivity contribution in [2.45, 2.75) is 38.3 Å². The number of nitrogens with zero attached hydrogens (tertiary/aromatic N) is 7. The molecule has 1 aromatic carbocycles. The van der Waals surface area contributed by atoms with Gasteiger partial charge in [0.1, 0.15) is 22.9 Å². The summed E-state index contributed by atoms with van der Waals surface area (Å²) in [4.78, 5) is 20.5. The number of imidazole rings is 1. The molecule has 2 aliphatic rings. The number of benzene rings is 1. The van der Waals surface area contributed by atoms with Crippen LogP contribution >= 0.6 is 0 Å². The molecule has 194 valence electrons. The molecule has 2 unspecified atom stereocenters. The smallest absolute Gasteiger partial charge is 0.319 e. The third kappa shape index (κ3) is 3.85. The first kappa shape index (κ1) is 23.0. The average Bonchev–Trinajstić information content (AvgIpc) is 3.64. The van der Waals surface area contributed by atoms with Crippen molar-refractivity contribution in [3.05, 3.63) is 54.1 Å². The predicted octanol–water partition coefficient (Wildman–Crippen LogP) is 3.31. The van der Waals surface area contributed by atoms with E-state index in [0.717, 1.165) is 48.2 Å². The van der Waals surface area contributed by atoms with Crippen molar-refractivity contribution < 1.29 is 9.13 Å². The number of hydrogen-bond acceptors (Lipinski definition) is 8. The van der Waals surface area contributed by atoms with E-state index in [-0.39, 0.29) is 17.2 Å². The van der Waals surface area contributed by atoms with Crippen LogP contribution in [0.2, 0.25) is 0 Å². The summed E-state index contributed by atoms with van der Waals surface area (Å²) in [5.41, 5.74) is 2.88. The second kappa shape index (κ2) is 9.02. The zero-order valence-electron chi connectivity index (χ0n) is 21.3. The molecule has 10 nitrogen and oxygen atoms in total. The van der Waals surface area contributed by atoms with Crippen molar-refractivity contribution in [3.8, 4) is 17.3 Å². The van der Waals surface area contributed by atoms with Crippen LogP contribution in [0.15, 0.2) is 36.9 Å². The molecule has 2 fully saturated rings. The van der Waals surface area contributed by atoms with Gasteiger partial charge in [0.25, 0.3) is 0 Å². The summed E-state index contributed by atoms with van der Waals surface area (Å²) >= 11 is 0. The standard InChI is InChI=1S/C27H28FN9O/c1-15-3-6-20-18(12-31-35-20)22(15)25-23(28)24-19(11-30-25)26(37-13-16-4-5-17(14-37)32-16)34-27(33-24)38-10-7-21-29-8-9-36(21)2/h3,6,8-9,11-12,16-17,32H,4-5,7,10,13-14H2,1-2H3,(H,31,35). The monoisotopic (exact) mass is 513 g/mol. The maximum atomic E-state index is 16.4. The summed E-state index contributed by atoms with van der Waals surface area (Å²) in [6.45, 7) is 3.87. The quantitative estimate of drug-likeness (QED) is 0.356. The van der Waals surface area contributed by atoms with Gasteiger partial charge in [-0.05, 0) is 31.4 Å². The third-order valence-corrected chi connectivity index (χ3v) is 7.71. The van der Waals surface area contributed by atoms with E-state index in [2.05, 4.69) is 35.4 Å². The minimum atomic E-state index is -0.491. The molecule has 0 aliphatic carbocycles. The molecule has 5 aromatic rings. The highest BCUT2D eigenvalue weighted by atomic mass is 19.1. The van der Waals surface area contributed by atoms with Crippen LogP contribution in [0.25, 0.3) is 33.1 Å². The molecule has 38 heavy (non-hydrogen) atoms. The Balaban J connectivity index is 1.33. The number of rotatable bonds is 6. The summed E-state index contributed by atoms with van der Waals surface area (Å²) in [6.07, 6.45) is 9.89. The number of nitrogens with one attached hydrogen (secondary N) is 2. The predicted molar refractivity (Wildman–Crippen MR) is 142 cm³/mol. The number of aromatic amines is 1. The molecule has 2 bridgehead atoms. The molecule has 2 N–H and O–H groups in total. The van der Waals surface area contributed by atoms with Crippen LogP contribution in [0, 0.1) is 12.7 Å². The van der Waals surface area contributed by atoms with Gasteiger partial charge in [-0.15, -0.1) is 0 Å². The fourth-order valence-corrected chi connectivity index (χ4v) is 5.78. The first-order valence-corrected chi connectivity index (χ1v) is 12.9. The zero-order chi connectivity index (χ0) is 25.8. The molecule has 11 heteroatoms. The number of piperazine rings is 1. The highest BCUT2D eigenvalue weighted by Gasteiger charge is 2.34. The lowest BCUT2D eigenvalue weighted by atomic mass is 10.00.